The Bertz CT molecular complexity index is 649. The Balaban J connectivity index is 1.53. The Morgan fingerprint density at radius 2 is 1.67 bits per heavy atom. The Hall–Kier alpha value is -1.27. The van der Waals surface area contributed by atoms with Crippen molar-refractivity contribution in [2.75, 3.05) is 6.61 Å². The molecule has 33 heavy (non-hydrogen) atoms. The zero-order chi connectivity index (χ0) is 24.2. The van der Waals surface area contributed by atoms with Crippen LogP contribution < -0.4 is 5.32 Å². The van der Waals surface area contributed by atoms with Gasteiger partial charge in [-0.15, -0.1) is 0 Å². The molecule has 1 amide bonds. The van der Waals surface area contributed by atoms with Crippen LogP contribution in [0.15, 0.2) is 23.8 Å². The fourth-order valence-corrected chi connectivity index (χ4v) is 5.00. The van der Waals surface area contributed by atoms with Crippen LogP contribution in [0.3, 0.4) is 0 Å². The van der Waals surface area contributed by atoms with Crippen molar-refractivity contribution in [3.8, 4) is 0 Å². The highest BCUT2D eigenvalue weighted by Gasteiger charge is 2.64. The molecule has 0 saturated heterocycles. The van der Waals surface area contributed by atoms with Crippen LogP contribution in [0.1, 0.15) is 110 Å². The molecule has 0 bridgehead atoms. The summed E-state index contributed by atoms with van der Waals surface area (Å²) in [5.74, 6) is -3.19. The first-order valence-corrected chi connectivity index (χ1v) is 13.2. The molecule has 0 aromatic rings. The molecule has 1 fully saturated rings. The molecule has 3 N–H and O–H groups in total. The third-order valence-corrected chi connectivity index (χ3v) is 7.24. The van der Waals surface area contributed by atoms with E-state index in [9.17, 15) is 23.8 Å². The molecule has 6 heteroatoms. The number of aliphatic hydroxyl groups is 2. The van der Waals surface area contributed by atoms with E-state index in [4.69, 9.17) is 0 Å². The molecular formula is C27H45F2NO3. The van der Waals surface area contributed by atoms with Crippen LogP contribution in [-0.4, -0.2) is 40.8 Å². The van der Waals surface area contributed by atoms with Crippen molar-refractivity contribution in [3.63, 3.8) is 0 Å². The van der Waals surface area contributed by atoms with Gasteiger partial charge in [-0.1, -0.05) is 89.4 Å². The van der Waals surface area contributed by atoms with Crippen molar-refractivity contribution >= 4 is 5.91 Å². The molecule has 1 saturated carbocycles. The van der Waals surface area contributed by atoms with Gasteiger partial charge in [0.25, 0.3) is 5.92 Å². The first-order chi connectivity index (χ1) is 15.9. The van der Waals surface area contributed by atoms with Crippen LogP contribution in [0.25, 0.3) is 0 Å². The Kier molecular flexibility index (Phi) is 12.0. The van der Waals surface area contributed by atoms with E-state index in [0.29, 0.717) is 18.4 Å². The largest absolute Gasteiger partial charge is 0.394 e. The second-order valence-electron chi connectivity index (χ2n) is 9.98. The summed E-state index contributed by atoms with van der Waals surface area (Å²) in [5.41, 5.74) is -0.702. The number of aliphatic hydroxyl groups excluding tert-OH is 2. The van der Waals surface area contributed by atoms with Crippen LogP contribution in [-0.2, 0) is 4.79 Å². The van der Waals surface area contributed by atoms with Gasteiger partial charge in [-0.25, -0.2) is 8.78 Å². The average Bonchev–Trinajstić information content (AvgIpc) is 3.39. The molecular weight excluding hydrogens is 424 g/mol. The maximum atomic E-state index is 14.0. The minimum atomic E-state index is -2.75. The maximum absolute atomic E-state index is 14.0. The summed E-state index contributed by atoms with van der Waals surface area (Å²) in [4.78, 5) is 12.3. The second-order valence-corrected chi connectivity index (χ2v) is 9.98. The zero-order valence-electron chi connectivity index (χ0n) is 20.5. The Labute approximate surface area is 198 Å². The number of carbonyl (C=O) groups excluding carboxylic acids is 1. The van der Waals surface area contributed by atoms with Gasteiger partial charge in [-0.2, -0.15) is 0 Å². The number of unbranched alkanes of at least 4 members (excludes halogenated alkanes) is 11. The molecule has 0 aromatic heterocycles. The van der Waals surface area contributed by atoms with E-state index in [1.807, 2.05) is 6.08 Å². The second kappa shape index (κ2) is 14.2. The van der Waals surface area contributed by atoms with Crippen LogP contribution in [0.5, 0.6) is 0 Å². The number of carbonyl (C=O) groups is 1. The van der Waals surface area contributed by atoms with Gasteiger partial charge >= 0.3 is 0 Å². The van der Waals surface area contributed by atoms with E-state index < -0.39 is 36.0 Å². The van der Waals surface area contributed by atoms with E-state index in [2.05, 4.69) is 12.2 Å². The molecule has 4 nitrogen and oxygen atoms in total. The van der Waals surface area contributed by atoms with Crippen molar-refractivity contribution in [1.29, 1.82) is 0 Å². The minimum absolute atomic E-state index is 0.0960. The lowest BCUT2D eigenvalue weighted by Gasteiger charge is -2.22. The van der Waals surface area contributed by atoms with E-state index in [1.54, 1.807) is 6.08 Å². The average molecular weight is 470 g/mol. The molecule has 0 heterocycles. The van der Waals surface area contributed by atoms with Gasteiger partial charge in [0, 0.05) is 12.8 Å². The molecule has 2 rings (SSSR count). The maximum Gasteiger partial charge on any atom is 0.260 e. The molecule has 2 aliphatic carbocycles. The lowest BCUT2D eigenvalue weighted by Crippen LogP contribution is -2.45. The quantitative estimate of drug-likeness (QED) is 0.165. The number of hydrogen-bond acceptors (Lipinski definition) is 3. The topological polar surface area (TPSA) is 69.6 Å². The van der Waals surface area contributed by atoms with E-state index in [1.165, 1.54) is 63.9 Å². The van der Waals surface area contributed by atoms with Gasteiger partial charge in [0.05, 0.1) is 24.2 Å². The third-order valence-electron chi connectivity index (χ3n) is 7.24. The number of alkyl halides is 2. The van der Waals surface area contributed by atoms with Crippen LogP contribution in [0.4, 0.5) is 8.78 Å². The first-order valence-electron chi connectivity index (χ1n) is 13.2. The molecule has 1 spiro atoms. The lowest BCUT2D eigenvalue weighted by atomic mass is 9.93. The summed E-state index contributed by atoms with van der Waals surface area (Å²) in [6, 6.07) is -0.828. The van der Waals surface area contributed by atoms with Gasteiger partial charge in [-0.05, 0) is 31.3 Å². The smallest absolute Gasteiger partial charge is 0.260 e. The highest BCUT2D eigenvalue weighted by atomic mass is 19.3. The molecule has 190 valence electrons. The zero-order valence-corrected chi connectivity index (χ0v) is 20.5. The molecule has 0 aromatic carbocycles. The van der Waals surface area contributed by atoms with Crippen LogP contribution in [0.2, 0.25) is 0 Å². The number of nitrogens with one attached hydrogen (secondary N) is 1. The van der Waals surface area contributed by atoms with Crippen LogP contribution in [0, 0.1) is 5.41 Å². The monoisotopic (exact) mass is 469 g/mol. The van der Waals surface area contributed by atoms with Crippen molar-refractivity contribution in [2.45, 2.75) is 128 Å². The molecule has 2 aliphatic rings. The van der Waals surface area contributed by atoms with Crippen molar-refractivity contribution in [1.82, 2.24) is 5.32 Å². The van der Waals surface area contributed by atoms with Gasteiger partial charge in [0.2, 0.25) is 5.91 Å². The van der Waals surface area contributed by atoms with Crippen molar-refractivity contribution in [3.05, 3.63) is 23.8 Å². The summed E-state index contributed by atoms with van der Waals surface area (Å²) < 4.78 is 28.1. The molecule has 3 atom stereocenters. The summed E-state index contributed by atoms with van der Waals surface area (Å²) in [6.45, 7) is 1.83. The van der Waals surface area contributed by atoms with E-state index >= 15 is 0 Å². The molecule has 0 radical (unpaired) electrons. The Morgan fingerprint density at radius 3 is 2.21 bits per heavy atom. The highest BCUT2D eigenvalue weighted by Crippen LogP contribution is 2.65. The predicted molar refractivity (Wildman–Crippen MR) is 129 cm³/mol. The summed E-state index contributed by atoms with van der Waals surface area (Å²) in [5, 5.41) is 22.4. The third kappa shape index (κ3) is 8.79. The predicted octanol–water partition coefficient (Wildman–Crippen LogP) is 6.22. The number of rotatable bonds is 18. The number of allylic oxidation sites excluding steroid dienone is 2. The first kappa shape index (κ1) is 28.0. The van der Waals surface area contributed by atoms with Crippen LogP contribution >= 0.6 is 0 Å². The van der Waals surface area contributed by atoms with Gasteiger partial charge in [-0.3, -0.25) is 4.79 Å². The van der Waals surface area contributed by atoms with Gasteiger partial charge < -0.3 is 15.5 Å². The molecule has 0 aliphatic heterocycles. The summed E-state index contributed by atoms with van der Waals surface area (Å²) in [6.07, 6.45) is 19.7. The molecule has 1 unspecified atom stereocenters. The SMILES string of the molecule is CCCCCCCCCCCCC/C=C/[C@H](O)[C@H](CO)NC(=O)CC1=CC12CCCC2(F)F. The van der Waals surface area contributed by atoms with Crippen molar-refractivity contribution < 1.29 is 23.8 Å². The number of hydrogen-bond donors (Lipinski definition) is 3. The number of halogens is 2. The number of amides is 1. The van der Waals surface area contributed by atoms with Crippen molar-refractivity contribution in [2.24, 2.45) is 5.41 Å². The van der Waals surface area contributed by atoms with Gasteiger partial charge in [0.15, 0.2) is 0 Å². The van der Waals surface area contributed by atoms with Gasteiger partial charge in [0.1, 0.15) is 0 Å². The normalized spacial score (nSPS) is 23.1. The Morgan fingerprint density at radius 1 is 1.06 bits per heavy atom. The fourth-order valence-electron chi connectivity index (χ4n) is 5.00. The lowest BCUT2D eigenvalue weighted by molar-refractivity contribution is -0.122. The fraction of sp³-hybridized carbons (Fsp3) is 0.815. The van der Waals surface area contributed by atoms with E-state index in [-0.39, 0.29) is 12.8 Å². The summed E-state index contributed by atoms with van der Waals surface area (Å²) in [7, 11) is 0. The highest BCUT2D eigenvalue weighted by molar-refractivity contribution is 5.81. The van der Waals surface area contributed by atoms with E-state index in [0.717, 1.165) is 19.3 Å². The summed E-state index contributed by atoms with van der Waals surface area (Å²) >= 11 is 0. The standard InChI is InChI=1S/C27H45F2NO3/c1-2-3-4-5-6-7-8-9-10-11-12-13-14-16-24(32)23(21-31)30-25(33)19-22-20-26(22)17-15-18-27(26,28)29/h14,16,20,23-24,31-32H,2-13,15,17-19,21H2,1H3,(H,30,33)/b16-14+/t23-,24-,26?/m0/s1. The minimum Gasteiger partial charge on any atom is -0.394 e.